The van der Waals surface area contributed by atoms with Gasteiger partial charge < -0.3 is 4.52 Å². The monoisotopic (exact) mass is 355 g/mol. The Bertz CT molecular complexity index is 876. The van der Waals surface area contributed by atoms with E-state index in [0.717, 1.165) is 11.3 Å². The molecule has 114 valence electrons. The molecule has 0 bridgehead atoms. The average Bonchev–Trinajstić information content (AvgIpc) is 3.18. The molecule has 2 heterocycles. The molecular weight excluding hydrogens is 346 g/mol. The van der Waals surface area contributed by atoms with E-state index in [1.807, 2.05) is 0 Å². The highest BCUT2D eigenvalue weighted by Gasteiger charge is 2.17. The van der Waals surface area contributed by atoms with Crippen LogP contribution in [0.5, 0.6) is 0 Å². The van der Waals surface area contributed by atoms with E-state index in [-0.39, 0.29) is 16.6 Å². The van der Waals surface area contributed by atoms with Crippen molar-refractivity contribution in [2.45, 2.75) is 10.8 Å². The minimum Gasteiger partial charge on any atom is -0.338 e. The summed E-state index contributed by atoms with van der Waals surface area (Å²) < 4.78 is 31.7. The Kier molecular flexibility index (Phi) is 4.25. The average molecular weight is 356 g/mol. The minimum absolute atomic E-state index is 0.0856. The van der Waals surface area contributed by atoms with Gasteiger partial charge in [0.05, 0.1) is 11.6 Å². The smallest absolute Gasteiger partial charge is 0.250 e. The Labute approximate surface area is 135 Å². The summed E-state index contributed by atoms with van der Waals surface area (Å²) in [5.41, 5.74) is 0.625. The summed E-state index contributed by atoms with van der Waals surface area (Å²) in [4.78, 5) is 4.14. The van der Waals surface area contributed by atoms with E-state index in [4.69, 9.17) is 16.1 Å². The van der Waals surface area contributed by atoms with Crippen LogP contribution in [0.25, 0.3) is 11.4 Å². The number of rotatable bonds is 5. The fourth-order valence-corrected chi connectivity index (χ4v) is 3.96. The first-order valence-corrected chi connectivity index (χ1v) is 8.91. The van der Waals surface area contributed by atoms with E-state index in [9.17, 15) is 8.42 Å². The van der Waals surface area contributed by atoms with Crippen molar-refractivity contribution in [2.75, 3.05) is 0 Å². The molecule has 0 aliphatic heterocycles. The molecule has 1 N–H and O–H groups in total. The fraction of sp³-hybridized carbons (Fsp3) is 0.0769. The maximum absolute atomic E-state index is 12.0. The van der Waals surface area contributed by atoms with Crippen LogP contribution in [0.4, 0.5) is 0 Å². The van der Waals surface area contributed by atoms with Crippen LogP contribution in [0.2, 0.25) is 5.02 Å². The number of aromatic nitrogens is 2. The zero-order chi connectivity index (χ0) is 15.6. The number of halogens is 1. The molecule has 3 aromatic rings. The van der Waals surface area contributed by atoms with Gasteiger partial charge in [-0.05, 0) is 23.6 Å². The first kappa shape index (κ1) is 15.2. The number of nitrogens with zero attached hydrogens (tertiary/aromatic N) is 2. The van der Waals surface area contributed by atoms with E-state index in [0.29, 0.717) is 16.4 Å². The van der Waals surface area contributed by atoms with E-state index >= 15 is 0 Å². The van der Waals surface area contributed by atoms with Gasteiger partial charge in [-0.25, -0.2) is 13.1 Å². The molecule has 22 heavy (non-hydrogen) atoms. The molecule has 2 aromatic heterocycles. The van der Waals surface area contributed by atoms with Gasteiger partial charge in [-0.3, -0.25) is 0 Å². The Balaban J connectivity index is 1.74. The summed E-state index contributed by atoms with van der Waals surface area (Å²) in [7, 11) is -3.56. The minimum atomic E-state index is -3.56. The molecule has 6 nitrogen and oxygen atoms in total. The van der Waals surface area contributed by atoms with Crippen molar-refractivity contribution >= 4 is 33.0 Å². The third kappa shape index (κ3) is 3.20. The number of benzene rings is 1. The SMILES string of the molecule is O=S(=O)(NCc1nc(-c2ccccc2Cl)no1)c1cccs1. The van der Waals surface area contributed by atoms with Crippen molar-refractivity contribution in [3.05, 3.63) is 52.7 Å². The summed E-state index contributed by atoms with van der Waals surface area (Å²) in [6, 6.07) is 10.3. The molecular formula is C13H10ClN3O3S2. The van der Waals surface area contributed by atoms with Crippen LogP contribution in [0, 0.1) is 0 Å². The maximum Gasteiger partial charge on any atom is 0.250 e. The van der Waals surface area contributed by atoms with E-state index < -0.39 is 10.0 Å². The quantitative estimate of drug-likeness (QED) is 0.760. The standard InChI is InChI=1S/C13H10ClN3O3S2/c14-10-5-2-1-4-9(10)13-16-11(20-17-13)8-15-22(18,19)12-6-3-7-21-12/h1-7,15H,8H2. The molecule has 0 atom stereocenters. The Morgan fingerprint density at radius 1 is 1.23 bits per heavy atom. The van der Waals surface area contributed by atoms with Crippen LogP contribution in [0.1, 0.15) is 5.89 Å². The predicted molar refractivity (Wildman–Crippen MR) is 83.1 cm³/mol. The highest BCUT2D eigenvalue weighted by atomic mass is 35.5. The Morgan fingerprint density at radius 2 is 2.05 bits per heavy atom. The second-order valence-corrected chi connectivity index (χ2v) is 7.60. The van der Waals surface area contributed by atoms with Gasteiger partial charge >= 0.3 is 0 Å². The zero-order valence-electron chi connectivity index (χ0n) is 11.1. The van der Waals surface area contributed by atoms with Crippen LogP contribution in [-0.2, 0) is 16.6 Å². The van der Waals surface area contributed by atoms with Gasteiger partial charge in [0.25, 0.3) is 10.0 Å². The van der Waals surface area contributed by atoms with Crippen LogP contribution >= 0.6 is 22.9 Å². The number of sulfonamides is 1. The van der Waals surface area contributed by atoms with Gasteiger partial charge in [0.15, 0.2) is 0 Å². The van der Waals surface area contributed by atoms with Crippen LogP contribution in [0.15, 0.2) is 50.5 Å². The predicted octanol–water partition coefficient (Wildman–Crippen LogP) is 2.93. The number of hydrogen-bond donors (Lipinski definition) is 1. The first-order valence-electron chi connectivity index (χ1n) is 6.17. The molecule has 0 unspecified atom stereocenters. The molecule has 0 aliphatic carbocycles. The molecule has 0 saturated carbocycles. The molecule has 0 spiro atoms. The fourth-order valence-electron chi connectivity index (χ4n) is 1.72. The summed E-state index contributed by atoms with van der Waals surface area (Å²) in [5.74, 6) is 0.478. The summed E-state index contributed by atoms with van der Waals surface area (Å²) in [6.45, 7) is -0.0856. The topological polar surface area (TPSA) is 85.1 Å². The van der Waals surface area contributed by atoms with Crippen molar-refractivity contribution in [3.63, 3.8) is 0 Å². The largest absolute Gasteiger partial charge is 0.338 e. The lowest BCUT2D eigenvalue weighted by Gasteiger charge is -2.00. The van der Waals surface area contributed by atoms with Crippen molar-refractivity contribution in [2.24, 2.45) is 0 Å². The second kappa shape index (κ2) is 6.17. The molecule has 3 rings (SSSR count). The van der Waals surface area contributed by atoms with Gasteiger partial charge in [0.2, 0.25) is 11.7 Å². The molecule has 0 radical (unpaired) electrons. The van der Waals surface area contributed by atoms with Crippen LogP contribution in [0.3, 0.4) is 0 Å². The van der Waals surface area contributed by atoms with Crippen LogP contribution < -0.4 is 4.72 Å². The van der Waals surface area contributed by atoms with Crippen molar-refractivity contribution in [1.82, 2.24) is 14.9 Å². The van der Waals surface area contributed by atoms with Gasteiger partial charge in [-0.15, -0.1) is 11.3 Å². The molecule has 0 amide bonds. The summed E-state index contributed by atoms with van der Waals surface area (Å²) in [6.07, 6.45) is 0. The normalized spacial score (nSPS) is 11.7. The molecule has 1 aromatic carbocycles. The Hall–Kier alpha value is -1.74. The first-order chi connectivity index (χ1) is 10.6. The van der Waals surface area contributed by atoms with Gasteiger partial charge in [0.1, 0.15) is 4.21 Å². The second-order valence-electron chi connectivity index (χ2n) is 4.25. The van der Waals surface area contributed by atoms with Gasteiger partial charge in [-0.1, -0.05) is 35.0 Å². The molecule has 0 aliphatic rings. The molecule has 0 saturated heterocycles. The highest BCUT2D eigenvalue weighted by Crippen LogP contribution is 2.25. The van der Waals surface area contributed by atoms with Crippen molar-refractivity contribution < 1.29 is 12.9 Å². The summed E-state index contributed by atoms with van der Waals surface area (Å²) >= 11 is 7.19. The van der Waals surface area contributed by atoms with Gasteiger partial charge in [0, 0.05) is 5.56 Å². The number of nitrogens with one attached hydrogen (secondary N) is 1. The lowest BCUT2D eigenvalue weighted by molar-refractivity contribution is 0.376. The molecule has 9 heteroatoms. The van der Waals surface area contributed by atoms with Crippen molar-refractivity contribution in [1.29, 1.82) is 0 Å². The maximum atomic E-state index is 12.0. The lowest BCUT2D eigenvalue weighted by Crippen LogP contribution is -2.22. The highest BCUT2D eigenvalue weighted by molar-refractivity contribution is 7.91. The Morgan fingerprint density at radius 3 is 2.77 bits per heavy atom. The van der Waals surface area contributed by atoms with Crippen molar-refractivity contribution in [3.8, 4) is 11.4 Å². The summed E-state index contributed by atoms with van der Waals surface area (Å²) in [5, 5.41) is 5.99. The zero-order valence-corrected chi connectivity index (χ0v) is 13.5. The lowest BCUT2D eigenvalue weighted by atomic mass is 10.2. The number of thiophene rings is 1. The van der Waals surface area contributed by atoms with E-state index in [1.165, 1.54) is 6.07 Å². The van der Waals surface area contributed by atoms with E-state index in [1.54, 1.807) is 35.7 Å². The third-order valence-electron chi connectivity index (χ3n) is 2.76. The van der Waals surface area contributed by atoms with Gasteiger partial charge in [-0.2, -0.15) is 4.98 Å². The number of hydrogen-bond acceptors (Lipinski definition) is 6. The third-order valence-corrected chi connectivity index (χ3v) is 5.88. The van der Waals surface area contributed by atoms with E-state index in [2.05, 4.69) is 14.9 Å². The van der Waals surface area contributed by atoms with Crippen LogP contribution in [-0.4, -0.2) is 18.6 Å². The molecule has 0 fully saturated rings.